The maximum absolute atomic E-state index is 4.50. The van der Waals surface area contributed by atoms with Gasteiger partial charge >= 0.3 is 0 Å². The molecule has 1 aliphatic carbocycles. The first-order chi connectivity index (χ1) is 9.92. The van der Waals surface area contributed by atoms with Crippen molar-refractivity contribution in [2.24, 2.45) is 5.92 Å². The highest BCUT2D eigenvalue weighted by Gasteiger charge is 2.40. The average molecular weight is 273 g/mol. The molecular weight excluding hydrogens is 250 g/mol. The van der Waals surface area contributed by atoms with Crippen molar-refractivity contribution < 1.29 is 0 Å². The molecule has 108 valence electrons. The Balaban J connectivity index is 1.56. The molecule has 20 heavy (non-hydrogen) atoms. The van der Waals surface area contributed by atoms with Gasteiger partial charge in [-0.15, -0.1) is 0 Å². The van der Waals surface area contributed by atoms with Crippen LogP contribution < -0.4 is 10.3 Å². The van der Waals surface area contributed by atoms with Crippen molar-refractivity contribution in [2.45, 2.75) is 44.2 Å². The van der Waals surface area contributed by atoms with Gasteiger partial charge in [-0.2, -0.15) is 0 Å². The summed E-state index contributed by atoms with van der Waals surface area (Å²) in [6.45, 7) is 3.45. The van der Waals surface area contributed by atoms with Gasteiger partial charge in [0.15, 0.2) is 0 Å². The summed E-state index contributed by atoms with van der Waals surface area (Å²) in [6.07, 6.45) is 10.3. The number of nitrogens with zero attached hydrogens (tertiary/aromatic N) is 4. The molecule has 4 rings (SSSR count). The number of rotatable bonds is 3. The Morgan fingerprint density at radius 3 is 2.65 bits per heavy atom. The molecule has 2 unspecified atom stereocenters. The van der Waals surface area contributed by atoms with E-state index in [9.17, 15) is 0 Å². The minimum atomic E-state index is 0.609. The molecule has 0 aromatic carbocycles. The number of nitrogens with one attached hydrogen (secondary N) is 1. The van der Waals surface area contributed by atoms with Crippen molar-refractivity contribution in [1.29, 1.82) is 0 Å². The van der Waals surface area contributed by atoms with Gasteiger partial charge in [0.2, 0.25) is 5.95 Å². The summed E-state index contributed by atoms with van der Waals surface area (Å²) in [5.74, 6) is 1.69. The van der Waals surface area contributed by atoms with E-state index in [1.54, 1.807) is 0 Å². The van der Waals surface area contributed by atoms with Crippen LogP contribution in [0.3, 0.4) is 0 Å². The van der Waals surface area contributed by atoms with E-state index in [2.05, 4.69) is 25.3 Å². The lowest BCUT2D eigenvalue weighted by atomic mass is 9.92. The fraction of sp³-hybridized carbons (Fsp3) is 0.733. The first-order valence-corrected chi connectivity index (χ1v) is 7.96. The molecule has 1 N–H and O–H groups in total. The summed E-state index contributed by atoms with van der Waals surface area (Å²) in [7, 11) is 0. The van der Waals surface area contributed by atoms with E-state index in [0.29, 0.717) is 12.1 Å². The molecule has 2 aliphatic heterocycles. The van der Waals surface area contributed by atoms with Crippen LogP contribution >= 0.6 is 0 Å². The van der Waals surface area contributed by atoms with Gasteiger partial charge < -0.3 is 5.32 Å². The number of hydrogen-bond donors (Lipinski definition) is 1. The zero-order chi connectivity index (χ0) is 13.4. The summed E-state index contributed by atoms with van der Waals surface area (Å²) in [4.78, 5) is 8.99. The van der Waals surface area contributed by atoms with E-state index >= 15 is 0 Å². The van der Waals surface area contributed by atoms with Crippen LogP contribution in [0.2, 0.25) is 0 Å². The molecule has 3 fully saturated rings. The maximum Gasteiger partial charge on any atom is 0.240 e. The predicted molar refractivity (Wildman–Crippen MR) is 78.2 cm³/mol. The van der Waals surface area contributed by atoms with Crippen molar-refractivity contribution in [1.82, 2.24) is 20.3 Å². The second-order valence-electron chi connectivity index (χ2n) is 6.31. The van der Waals surface area contributed by atoms with Crippen LogP contribution in [-0.4, -0.2) is 46.7 Å². The highest BCUT2D eigenvalue weighted by atomic mass is 15.7. The summed E-state index contributed by atoms with van der Waals surface area (Å²) >= 11 is 0. The van der Waals surface area contributed by atoms with E-state index < -0.39 is 0 Å². The second-order valence-corrected chi connectivity index (χ2v) is 6.31. The molecule has 0 bridgehead atoms. The monoisotopic (exact) mass is 273 g/mol. The number of hydrogen-bond acceptors (Lipinski definition) is 5. The Bertz CT molecular complexity index is 433. The van der Waals surface area contributed by atoms with Crippen LogP contribution in [0, 0.1) is 5.92 Å². The Hall–Kier alpha value is -1.20. The van der Waals surface area contributed by atoms with Crippen LogP contribution in [-0.2, 0) is 0 Å². The molecule has 3 aliphatic rings. The van der Waals surface area contributed by atoms with E-state index in [-0.39, 0.29) is 0 Å². The number of aromatic nitrogens is 2. The Kier molecular flexibility index (Phi) is 3.32. The number of piperidine rings is 1. The quantitative estimate of drug-likeness (QED) is 0.902. The van der Waals surface area contributed by atoms with Gasteiger partial charge in [-0.25, -0.2) is 15.0 Å². The Morgan fingerprint density at radius 2 is 1.95 bits per heavy atom. The highest BCUT2D eigenvalue weighted by molar-refractivity contribution is 5.30. The molecule has 1 saturated carbocycles. The normalized spacial score (nSPS) is 30.8. The van der Waals surface area contributed by atoms with E-state index in [1.165, 1.54) is 38.6 Å². The molecule has 1 aromatic rings. The van der Waals surface area contributed by atoms with Crippen LogP contribution in [0.15, 0.2) is 18.5 Å². The van der Waals surface area contributed by atoms with Crippen LogP contribution in [0.4, 0.5) is 5.95 Å². The fourth-order valence-electron chi connectivity index (χ4n) is 3.76. The molecule has 0 spiro atoms. The van der Waals surface area contributed by atoms with Crippen molar-refractivity contribution in [3.05, 3.63) is 18.5 Å². The Morgan fingerprint density at radius 1 is 1.10 bits per heavy atom. The number of hydrazine groups is 1. The SMILES string of the molecule is c1cnc(N(C2CCC2)N2CC3CCCNC3C2)nc1. The van der Waals surface area contributed by atoms with Crippen molar-refractivity contribution in [2.75, 3.05) is 24.6 Å². The van der Waals surface area contributed by atoms with Crippen LogP contribution in [0.5, 0.6) is 0 Å². The number of fused-ring (bicyclic) bond motifs is 1. The van der Waals surface area contributed by atoms with Gasteiger partial charge in [-0.3, -0.25) is 5.01 Å². The molecule has 1 aromatic heterocycles. The van der Waals surface area contributed by atoms with Crippen molar-refractivity contribution in [3.63, 3.8) is 0 Å². The van der Waals surface area contributed by atoms with Crippen molar-refractivity contribution >= 4 is 5.95 Å². The van der Waals surface area contributed by atoms with Gasteiger partial charge in [-0.05, 0) is 50.6 Å². The third-order valence-corrected chi connectivity index (χ3v) is 5.06. The van der Waals surface area contributed by atoms with Gasteiger partial charge in [0.1, 0.15) is 0 Å². The summed E-state index contributed by atoms with van der Waals surface area (Å²) < 4.78 is 0. The molecule has 5 nitrogen and oxygen atoms in total. The smallest absolute Gasteiger partial charge is 0.240 e. The van der Waals surface area contributed by atoms with Gasteiger partial charge in [0.25, 0.3) is 0 Å². The highest BCUT2D eigenvalue weighted by Crippen LogP contribution is 2.33. The zero-order valence-electron chi connectivity index (χ0n) is 11.9. The summed E-state index contributed by atoms with van der Waals surface area (Å²) in [6, 6.07) is 3.17. The minimum absolute atomic E-state index is 0.609. The summed E-state index contributed by atoms with van der Waals surface area (Å²) in [5.41, 5.74) is 0. The first-order valence-electron chi connectivity index (χ1n) is 7.96. The second kappa shape index (κ2) is 5.30. The van der Waals surface area contributed by atoms with Crippen LogP contribution in [0.1, 0.15) is 32.1 Å². The van der Waals surface area contributed by atoms with Gasteiger partial charge in [0.05, 0.1) is 0 Å². The average Bonchev–Trinajstić information content (AvgIpc) is 2.87. The lowest BCUT2D eigenvalue weighted by molar-refractivity contribution is 0.209. The van der Waals surface area contributed by atoms with E-state index in [0.717, 1.165) is 25.0 Å². The fourth-order valence-corrected chi connectivity index (χ4v) is 3.76. The standard InChI is InChI=1S/C15H23N5/c1-5-13(6-1)20(15-17-8-3-9-18-15)19-10-12-4-2-7-16-14(12)11-19/h3,8-9,12-14,16H,1-2,4-7,10-11H2. The molecule has 5 heteroatoms. The molecule has 2 atom stereocenters. The lowest BCUT2D eigenvalue weighted by Gasteiger charge is -2.42. The number of anilines is 1. The third-order valence-electron chi connectivity index (χ3n) is 5.06. The first kappa shape index (κ1) is 12.5. The predicted octanol–water partition coefficient (Wildman–Crippen LogP) is 1.43. The molecule has 2 saturated heterocycles. The zero-order valence-corrected chi connectivity index (χ0v) is 11.9. The maximum atomic E-state index is 4.50. The molecule has 0 amide bonds. The summed E-state index contributed by atoms with van der Waals surface area (Å²) in [5, 5.41) is 8.58. The Labute approximate surface area is 120 Å². The van der Waals surface area contributed by atoms with Crippen LogP contribution in [0.25, 0.3) is 0 Å². The topological polar surface area (TPSA) is 44.3 Å². The molecule has 0 radical (unpaired) electrons. The van der Waals surface area contributed by atoms with Gasteiger partial charge in [0, 0.05) is 37.6 Å². The molecular formula is C15H23N5. The van der Waals surface area contributed by atoms with E-state index in [4.69, 9.17) is 0 Å². The largest absolute Gasteiger partial charge is 0.312 e. The molecule has 3 heterocycles. The van der Waals surface area contributed by atoms with E-state index in [1.807, 2.05) is 18.5 Å². The third kappa shape index (κ3) is 2.19. The minimum Gasteiger partial charge on any atom is -0.312 e. The lowest BCUT2D eigenvalue weighted by Crippen LogP contribution is -2.52. The van der Waals surface area contributed by atoms with Crippen molar-refractivity contribution in [3.8, 4) is 0 Å². The van der Waals surface area contributed by atoms with Gasteiger partial charge in [-0.1, -0.05) is 0 Å².